The molecule has 0 aromatic heterocycles. The van der Waals surface area contributed by atoms with Gasteiger partial charge in [0, 0.05) is 36.6 Å². The van der Waals surface area contributed by atoms with Crippen molar-refractivity contribution in [3.63, 3.8) is 0 Å². The summed E-state index contributed by atoms with van der Waals surface area (Å²) in [7, 11) is 0. The van der Waals surface area contributed by atoms with Crippen LogP contribution in [0, 0.1) is 0 Å². The number of phenols is 3. The Bertz CT molecular complexity index is 1060. The molecule has 0 bridgehead atoms. The van der Waals surface area contributed by atoms with E-state index < -0.39 is 17.2 Å². The van der Waals surface area contributed by atoms with Gasteiger partial charge in [-0.15, -0.1) is 0 Å². The van der Waals surface area contributed by atoms with Gasteiger partial charge in [-0.25, -0.2) is 4.79 Å². The number of fused-ring (bicyclic) bond motifs is 1. The van der Waals surface area contributed by atoms with E-state index in [2.05, 4.69) is 21.3 Å². The third-order valence-corrected chi connectivity index (χ3v) is 6.92. The van der Waals surface area contributed by atoms with E-state index in [1.807, 2.05) is 18.7 Å². The highest BCUT2D eigenvalue weighted by Gasteiger charge is 2.35. The number of rotatable bonds is 8. The minimum atomic E-state index is -0.589. The molecule has 2 unspecified atom stereocenters. The van der Waals surface area contributed by atoms with Crippen molar-refractivity contribution in [1.29, 1.82) is 0 Å². The van der Waals surface area contributed by atoms with Gasteiger partial charge in [0.05, 0.1) is 12.1 Å². The van der Waals surface area contributed by atoms with Gasteiger partial charge in [-0.2, -0.15) is 11.8 Å². The van der Waals surface area contributed by atoms with Crippen LogP contribution in [0.15, 0.2) is 36.4 Å². The van der Waals surface area contributed by atoms with Crippen LogP contribution in [0.4, 0.5) is 4.79 Å². The molecule has 11 heteroatoms. The zero-order valence-electron chi connectivity index (χ0n) is 20.0. The molecule has 2 aromatic carbocycles. The molecular weight excluding hydrogens is 484 g/mol. The van der Waals surface area contributed by atoms with E-state index in [1.165, 1.54) is 12.1 Å². The number of hydrogen-bond donors (Lipinski definition) is 7. The maximum absolute atomic E-state index is 12.3. The number of amides is 4. The standard InChI is InChI=1S/C20H24N2O5.C5H8N2OS/c1-2-3-7-18(25)21-8-9-22-20(27)14-6-4-5-13(10-14)15-11-16(23)19(26)17(24)12-15;8-5-6-3-1-9-2-4(3)7-5/h4-6,10-12,23-24,26H,2-3,7-9H2,1H3,(H,21,25)(H,22,27);3-4H,1-2H2,(H2,6,7,8). The molecule has 7 N–H and O–H groups in total. The van der Waals surface area contributed by atoms with E-state index >= 15 is 0 Å². The third-order valence-electron chi connectivity index (χ3n) is 5.73. The second-order valence-electron chi connectivity index (χ2n) is 8.52. The molecule has 4 amide bonds. The molecule has 10 nitrogen and oxygen atoms in total. The number of thioether (sulfide) groups is 1. The minimum Gasteiger partial charge on any atom is -0.504 e. The average molecular weight is 517 g/mol. The maximum atomic E-state index is 12.3. The smallest absolute Gasteiger partial charge is 0.315 e. The van der Waals surface area contributed by atoms with Gasteiger partial charge in [-0.1, -0.05) is 25.5 Å². The quantitative estimate of drug-likeness (QED) is 0.161. The van der Waals surface area contributed by atoms with E-state index in [1.54, 1.807) is 24.3 Å². The van der Waals surface area contributed by atoms with Gasteiger partial charge in [-0.05, 0) is 41.8 Å². The molecule has 2 atom stereocenters. The first-order chi connectivity index (χ1) is 17.3. The molecule has 2 fully saturated rings. The fourth-order valence-electron chi connectivity index (χ4n) is 3.73. The molecule has 0 aliphatic carbocycles. The largest absolute Gasteiger partial charge is 0.504 e. The van der Waals surface area contributed by atoms with E-state index in [-0.39, 0.29) is 17.8 Å². The van der Waals surface area contributed by atoms with Gasteiger partial charge >= 0.3 is 6.03 Å². The summed E-state index contributed by atoms with van der Waals surface area (Å²) in [6.07, 6.45) is 2.28. The van der Waals surface area contributed by atoms with Gasteiger partial charge in [-0.3, -0.25) is 9.59 Å². The number of phenolic OH excluding ortho intramolecular Hbond substituents is 3. The Balaban J connectivity index is 0.000000331. The normalized spacial score (nSPS) is 17.8. The lowest BCUT2D eigenvalue weighted by Gasteiger charge is -2.09. The molecule has 2 aromatic rings. The fourth-order valence-corrected chi connectivity index (χ4v) is 5.01. The summed E-state index contributed by atoms with van der Waals surface area (Å²) in [5.41, 5.74) is 1.46. The second-order valence-corrected chi connectivity index (χ2v) is 9.60. The van der Waals surface area contributed by atoms with Gasteiger partial charge in [0.25, 0.3) is 5.91 Å². The molecule has 36 heavy (non-hydrogen) atoms. The summed E-state index contributed by atoms with van der Waals surface area (Å²) in [6.45, 7) is 2.68. The zero-order chi connectivity index (χ0) is 26.1. The Morgan fingerprint density at radius 1 is 0.972 bits per heavy atom. The van der Waals surface area contributed by atoms with Crippen LogP contribution >= 0.6 is 11.8 Å². The van der Waals surface area contributed by atoms with Crippen LogP contribution in [-0.4, -0.2) is 69.8 Å². The Kier molecular flexibility index (Phi) is 9.69. The first-order valence-corrected chi connectivity index (χ1v) is 13.0. The highest BCUT2D eigenvalue weighted by Crippen LogP contribution is 2.38. The van der Waals surface area contributed by atoms with E-state index in [0.29, 0.717) is 48.3 Å². The molecule has 0 saturated carbocycles. The lowest BCUT2D eigenvalue weighted by Crippen LogP contribution is -2.34. The summed E-state index contributed by atoms with van der Waals surface area (Å²) in [4.78, 5) is 34.4. The van der Waals surface area contributed by atoms with Crippen LogP contribution < -0.4 is 21.3 Å². The number of urea groups is 1. The summed E-state index contributed by atoms with van der Waals surface area (Å²) < 4.78 is 0. The summed E-state index contributed by atoms with van der Waals surface area (Å²) >= 11 is 1.89. The second kappa shape index (κ2) is 12.9. The number of carbonyl (C=O) groups excluding carboxylic acids is 3. The molecule has 0 radical (unpaired) electrons. The van der Waals surface area contributed by atoms with Crippen molar-refractivity contribution in [2.45, 2.75) is 38.3 Å². The van der Waals surface area contributed by atoms with Crippen molar-refractivity contribution in [1.82, 2.24) is 21.3 Å². The minimum absolute atomic E-state index is 0.00491. The highest BCUT2D eigenvalue weighted by molar-refractivity contribution is 7.99. The van der Waals surface area contributed by atoms with Gasteiger partial charge in [0.1, 0.15) is 0 Å². The van der Waals surface area contributed by atoms with Gasteiger partial charge in [0.15, 0.2) is 17.2 Å². The van der Waals surface area contributed by atoms with Crippen molar-refractivity contribution in [3.8, 4) is 28.4 Å². The van der Waals surface area contributed by atoms with E-state index in [4.69, 9.17) is 0 Å². The zero-order valence-corrected chi connectivity index (χ0v) is 20.9. The molecular formula is C25H32N4O6S. The number of hydrogen-bond acceptors (Lipinski definition) is 7. The molecule has 2 heterocycles. The molecule has 2 aliphatic rings. The van der Waals surface area contributed by atoms with Crippen LogP contribution in [-0.2, 0) is 4.79 Å². The molecule has 2 aliphatic heterocycles. The number of nitrogens with one attached hydrogen (secondary N) is 4. The number of aromatic hydroxyl groups is 3. The summed E-state index contributed by atoms with van der Waals surface area (Å²) in [5, 5.41) is 39.9. The van der Waals surface area contributed by atoms with Crippen molar-refractivity contribution in [3.05, 3.63) is 42.0 Å². The van der Waals surface area contributed by atoms with Crippen molar-refractivity contribution in [2.24, 2.45) is 0 Å². The lowest BCUT2D eigenvalue weighted by atomic mass is 10.0. The van der Waals surface area contributed by atoms with Crippen molar-refractivity contribution < 1.29 is 29.7 Å². The first-order valence-electron chi connectivity index (χ1n) is 11.8. The van der Waals surface area contributed by atoms with Crippen LogP contribution in [0.2, 0.25) is 0 Å². The topological polar surface area (TPSA) is 160 Å². The monoisotopic (exact) mass is 516 g/mol. The molecule has 2 saturated heterocycles. The van der Waals surface area contributed by atoms with E-state index in [9.17, 15) is 29.7 Å². The first kappa shape index (κ1) is 27.0. The summed E-state index contributed by atoms with van der Waals surface area (Å²) in [6, 6.07) is 10.1. The lowest BCUT2D eigenvalue weighted by molar-refractivity contribution is -0.121. The van der Waals surface area contributed by atoms with Gasteiger partial charge < -0.3 is 36.6 Å². The molecule has 0 spiro atoms. The summed E-state index contributed by atoms with van der Waals surface area (Å²) in [5.74, 6) is 0.338. The number of carbonyl (C=O) groups is 3. The Morgan fingerprint density at radius 2 is 1.61 bits per heavy atom. The predicted octanol–water partition coefficient (Wildman–Crippen LogP) is 2.29. The van der Waals surface area contributed by atoms with Crippen molar-refractivity contribution in [2.75, 3.05) is 24.6 Å². The Labute approximate surface area is 213 Å². The van der Waals surface area contributed by atoms with Gasteiger partial charge in [0.2, 0.25) is 5.91 Å². The van der Waals surface area contributed by atoms with Crippen LogP contribution in [0.25, 0.3) is 11.1 Å². The third kappa shape index (κ3) is 7.45. The SMILES string of the molecule is CCCCC(=O)NCCNC(=O)c1cccc(-c2cc(O)c(O)c(O)c2)c1.O=C1NC2CSCC2N1. The average Bonchev–Trinajstić information content (AvgIpc) is 3.44. The Hall–Kier alpha value is -3.60. The predicted molar refractivity (Wildman–Crippen MR) is 138 cm³/mol. The van der Waals surface area contributed by atoms with E-state index in [0.717, 1.165) is 24.3 Å². The molecule has 194 valence electrons. The van der Waals surface area contributed by atoms with Crippen molar-refractivity contribution >= 4 is 29.6 Å². The maximum Gasteiger partial charge on any atom is 0.315 e. The highest BCUT2D eigenvalue weighted by atomic mass is 32.2. The molecule has 4 rings (SSSR count). The fraction of sp³-hybridized carbons (Fsp3) is 0.400. The van der Waals surface area contributed by atoms with Crippen LogP contribution in [0.3, 0.4) is 0 Å². The number of benzene rings is 2. The Morgan fingerprint density at radius 3 is 2.25 bits per heavy atom. The van der Waals surface area contributed by atoms with Crippen LogP contribution in [0.1, 0.15) is 36.5 Å². The number of unbranched alkanes of at least 4 members (excludes halogenated alkanes) is 1. The van der Waals surface area contributed by atoms with Crippen LogP contribution in [0.5, 0.6) is 17.2 Å².